The van der Waals surface area contributed by atoms with Crippen molar-refractivity contribution in [1.82, 2.24) is 29.5 Å². The van der Waals surface area contributed by atoms with Crippen LogP contribution < -0.4 is 26.4 Å². The molecule has 2 saturated heterocycles. The number of carbonyl (C=O) groups is 2. The summed E-state index contributed by atoms with van der Waals surface area (Å²) >= 11 is 0. The van der Waals surface area contributed by atoms with Crippen molar-refractivity contribution >= 4 is 70.6 Å². The summed E-state index contributed by atoms with van der Waals surface area (Å²) in [4.78, 5) is 70.3. The molecule has 6 heterocycles. The summed E-state index contributed by atoms with van der Waals surface area (Å²) < 4.78 is 71.8. The Morgan fingerprint density at radius 3 is 2.53 bits per heavy atom. The summed E-state index contributed by atoms with van der Waals surface area (Å²) in [6, 6.07) is 10.4. The van der Waals surface area contributed by atoms with E-state index in [0.29, 0.717) is 5.56 Å². The average molecular weight is 1000 g/mol. The van der Waals surface area contributed by atoms with Gasteiger partial charge in [-0.05, 0) is 30.3 Å². The van der Waals surface area contributed by atoms with Crippen LogP contribution in [-0.4, -0.2) is 123 Å². The predicted octanol–water partition coefficient (Wildman–Crippen LogP) is 4.25. The Hall–Kier alpha value is -5.00. The van der Waals surface area contributed by atoms with E-state index >= 15 is 4.57 Å². The van der Waals surface area contributed by atoms with Crippen molar-refractivity contribution in [3.8, 4) is 6.07 Å². The van der Waals surface area contributed by atoms with Crippen molar-refractivity contribution < 1.29 is 60.7 Å². The minimum Gasteiger partial charge on any atom is -0.408 e. The lowest BCUT2D eigenvalue weighted by Gasteiger charge is -2.41. The molecule has 0 bridgehead atoms. The molecule has 7 rings (SSSR count). The highest BCUT2D eigenvalue weighted by atomic mass is 31.2. The Bertz CT molecular complexity index is 2650. The van der Waals surface area contributed by atoms with Crippen LogP contribution in [0.2, 0.25) is 18.1 Å². The fourth-order valence-corrected chi connectivity index (χ4v) is 10.5. The molecule has 2 amide bonds. The number of phosphoric ester groups is 1. The number of hydrogen-bond donors (Lipinski definition) is 6. The lowest BCUT2D eigenvalue weighted by atomic mass is 10.1. The zero-order chi connectivity index (χ0) is 49.1. The molecule has 4 aromatic rings. The Morgan fingerprint density at radius 2 is 1.85 bits per heavy atom. The number of aromatic nitrogens is 6. The zero-order valence-corrected chi connectivity index (χ0v) is 41.2. The molecule has 3 aliphatic rings. The molecule has 3 aromatic heterocycles. The van der Waals surface area contributed by atoms with Gasteiger partial charge in [0.1, 0.15) is 36.4 Å². The van der Waals surface area contributed by atoms with Crippen LogP contribution >= 0.6 is 16.1 Å². The van der Waals surface area contributed by atoms with Crippen molar-refractivity contribution in [3.05, 3.63) is 58.9 Å². The Morgan fingerprint density at radius 1 is 1.10 bits per heavy atom. The van der Waals surface area contributed by atoms with Gasteiger partial charge >= 0.3 is 16.1 Å². The number of hydrogen-bond acceptors (Lipinski definition) is 20. The minimum atomic E-state index is -4.83. The third-order valence-corrected chi connectivity index (χ3v) is 18.2. The molecular weight excluding hydrogens is 949 g/mol. The number of nitrogens with one attached hydrogen (secondary N) is 4. The molecule has 28 heteroatoms. The SMILES string of the molecule is CC(C)C(=O)Nc1nc2c(c(=O)[nH]1)NCN2[C@@H]1O[C@H](CO)[C@@H](O[Si](C)(C)C(C)(C)C)[C@H]1OP(=O)(OCCC#N)OC[C@@H]1C[C@@H](O[PH](=O)O)[C@H](n2cnc3c(NC(=O)c4ccccc4)ncnc32)O1. The number of fused-ring (bicyclic) bond motifs is 2. The maximum atomic E-state index is 15.0. The van der Waals surface area contributed by atoms with Gasteiger partial charge in [0.25, 0.3) is 11.5 Å². The van der Waals surface area contributed by atoms with Crippen LogP contribution in [0, 0.1) is 17.2 Å². The van der Waals surface area contributed by atoms with Gasteiger partial charge in [0, 0.05) is 17.9 Å². The first-order chi connectivity index (χ1) is 32.2. The number of ether oxygens (including phenoxy) is 2. The quantitative estimate of drug-likeness (QED) is 0.0434. The Kier molecular flexibility index (Phi) is 15.7. The van der Waals surface area contributed by atoms with Gasteiger partial charge in [-0.15, -0.1) is 0 Å². The number of benzene rings is 1. The van der Waals surface area contributed by atoms with Crippen LogP contribution in [0.5, 0.6) is 0 Å². The topological polar surface area (TPSA) is 326 Å². The normalized spacial score (nSPS) is 24.1. The largest absolute Gasteiger partial charge is 0.475 e. The van der Waals surface area contributed by atoms with Gasteiger partial charge in [-0.3, -0.25) is 47.4 Å². The lowest BCUT2D eigenvalue weighted by molar-refractivity contribution is -0.118. The van der Waals surface area contributed by atoms with Crippen molar-refractivity contribution in [1.29, 1.82) is 5.26 Å². The molecule has 6 N–H and O–H groups in total. The monoisotopic (exact) mass is 1000 g/mol. The summed E-state index contributed by atoms with van der Waals surface area (Å²) in [6.07, 6.45) is -5.96. The molecule has 2 fully saturated rings. The highest BCUT2D eigenvalue weighted by Gasteiger charge is 2.56. The molecule has 368 valence electrons. The van der Waals surface area contributed by atoms with Gasteiger partial charge in [-0.2, -0.15) is 10.2 Å². The van der Waals surface area contributed by atoms with Crippen molar-refractivity contribution in [3.63, 3.8) is 0 Å². The highest BCUT2D eigenvalue weighted by molar-refractivity contribution is 7.48. The van der Waals surface area contributed by atoms with E-state index in [2.05, 4.69) is 40.9 Å². The first-order valence-corrected chi connectivity index (χ1v) is 27.3. The number of nitriles is 1. The molecule has 0 spiro atoms. The fourth-order valence-electron chi connectivity index (χ4n) is 7.30. The van der Waals surface area contributed by atoms with Crippen LogP contribution in [0.4, 0.5) is 23.3 Å². The second kappa shape index (κ2) is 20.9. The molecule has 25 nitrogen and oxygen atoms in total. The van der Waals surface area contributed by atoms with E-state index in [-0.39, 0.29) is 59.0 Å². The molecule has 1 aromatic carbocycles. The van der Waals surface area contributed by atoms with Crippen molar-refractivity contribution in [2.24, 2.45) is 5.92 Å². The number of amides is 2. The number of aliphatic hydroxyl groups is 1. The summed E-state index contributed by atoms with van der Waals surface area (Å²) in [5.41, 5.74) is 0.156. The van der Waals surface area contributed by atoms with E-state index in [1.54, 1.807) is 44.2 Å². The van der Waals surface area contributed by atoms with Crippen molar-refractivity contribution in [2.75, 3.05) is 47.3 Å². The molecule has 68 heavy (non-hydrogen) atoms. The number of carbonyl (C=O) groups excluding carboxylic acids is 2. The number of anilines is 4. The summed E-state index contributed by atoms with van der Waals surface area (Å²) in [5, 5.41) is 28.1. The zero-order valence-electron chi connectivity index (χ0n) is 38.3. The number of imidazole rings is 1. The maximum absolute atomic E-state index is 15.0. The van der Waals surface area contributed by atoms with E-state index < -0.39 is 110 Å². The predicted molar refractivity (Wildman–Crippen MR) is 246 cm³/mol. The first-order valence-electron chi connectivity index (χ1n) is 21.7. The third-order valence-electron chi connectivity index (χ3n) is 11.8. The average Bonchev–Trinajstić information content (AvgIpc) is 4.07. The first kappa shape index (κ1) is 50.9. The summed E-state index contributed by atoms with van der Waals surface area (Å²) in [6.45, 7) is 11.7. The minimum absolute atomic E-state index is 0.0364. The number of aromatic amines is 1. The molecule has 9 atom stereocenters. The molecule has 0 radical (unpaired) electrons. The van der Waals surface area contributed by atoms with Crippen LogP contribution in [0.15, 0.2) is 47.8 Å². The summed E-state index contributed by atoms with van der Waals surface area (Å²) in [5.74, 6) is -1.32. The van der Waals surface area contributed by atoms with E-state index in [1.807, 2.05) is 39.9 Å². The van der Waals surface area contributed by atoms with E-state index in [9.17, 15) is 34.2 Å². The maximum Gasteiger partial charge on any atom is 0.475 e. The highest BCUT2D eigenvalue weighted by Crippen LogP contribution is 2.55. The number of phosphoric acid groups is 1. The van der Waals surface area contributed by atoms with Crippen molar-refractivity contribution in [2.45, 2.75) is 109 Å². The van der Waals surface area contributed by atoms with Gasteiger partial charge in [0.15, 0.2) is 43.6 Å². The molecule has 2 unspecified atom stereocenters. The Balaban J connectivity index is 1.18. The van der Waals surface area contributed by atoms with Crippen LogP contribution in [0.25, 0.3) is 11.2 Å². The van der Waals surface area contributed by atoms with Gasteiger partial charge in [0.05, 0.1) is 51.4 Å². The van der Waals surface area contributed by atoms with Crippen LogP contribution in [-0.2, 0) is 45.9 Å². The third kappa shape index (κ3) is 11.2. The van der Waals surface area contributed by atoms with E-state index in [1.165, 1.54) is 22.1 Å². The molecule has 0 saturated carbocycles. The smallest absolute Gasteiger partial charge is 0.408 e. The number of rotatable bonds is 19. The lowest BCUT2D eigenvalue weighted by Crippen LogP contribution is -2.52. The van der Waals surface area contributed by atoms with Gasteiger partial charge in [0.2, 0.25) is 11.9 Å². The number of aliphatic hydroxyl groups excluding tert-OH is 1. The number of nitrogens with zero attached hydrogens (tertiary/aromatic N) is 7. The van der Waals surface area contributed by atoms with Gasteiger partial charge in [-0.25, -0.2) is 19.5 Å². The van der Waals surface area contributed by atoms with Crippen LogP contribution in [0.3, 0.4) is 0 Å². The van der Waals surface area contributed by atoms with Gasteiger partial charge < -0.3 is 44.0 Å². The fraction of sp³-hybridized carbons (Fsp3) is 0.550. The van der Waals surface area contributed by atoms with Gasteiger partial charge in [-0.1, -0.05) is 52.8 Å². The molecular formula is C40H55N11O14P2Si. The Labute approximate surface area is 391 Å². The van der Waals surface area contributed by atoms with E-state index in [4.69, 9.17) is 32.0 Å². The van der Waals surface area contributed by atoms with Crippen LogP contribution in [0.1, 0.15) is 64.0 Å². The second-order valence-electron chi connectivity index (χ2n) is 17.9. The summed E-state index contributed by atoms with van der Waals surface area (Å²) in [7, 11) is -11.2. The number of H-pyrrole nitrogens is 1. The molecule has 3 aliphatic heterocycles. The second-order valence-corrected chi connectivity index (χ2v) is 25.0. The molecule has 0 aliphatic carbocycles. The van der Waals surface area contributed by atoms with E-state index in [0.717, 1.165) is 0 Å². The standard InChI is InChI=1S/C40H55N11O14P2Si/c1-22(2)34(53)48-39-47-33-28(36(55)49-39)45-21-51(33)38-30(29(26(17-52)62-38)65-68(6,7)40(3,4)5)64-67(58,59-15-11-14-41)60-18-24-16-25(63-66(56)57)37(61-24)50-20-44-27-31(42-19-43-32(27)50)46-35(54)23-12-9-8-10-13-23/h8-10,12-13,19-20,22,24-26,29-30,37-38,45,52,66H,11,15-18,21H2,1-7H3,(H,56,57)(H,42,43,46,54)(H2,47,48,49,53,55)/t24-,25+,26+,29+,30+,37+,38+,67?/m0/s1.